The second-order valence-electron chi connectivity index (χ2n) is 6.26. The molecule has 24 heavy (non-hydrogen) atoms. The molecule has 3 nitrogen and oxygen atoms in total. The van der Waals surface area contributed by atoms with Gasteiger partial charge in [0.2, 0.25) is 0 Å². The van der Waals surface area contributed by atoms with Crippen LogP contribution in [0.1, 0.15) is 41.6 Å². The number of nitrogens with zero attached hydrogens (tertiary/aromatic N) is 1. The van der Waals surface area contributed by atoms with E-state index in [0.717, 1.165) is 19.4 Å². The smallest absolute Gasteiger partial charge is 0.196 e. The molecule has 0 aliphatic heterocycles. The van der Waals surface area contributed by atoms with Crippen LogP contribution < -0.4 is 4.74 Å². The van der Waals surface area contributed by atoms with Crippen molar-refractivity contribution in [1.82, 2.24) is 4.90 Å². The van der Waals surface area contributed by atoms with Gasteiger partial charge < -0.3 is 9.64 Å². The number of para-hydroxylation sites is 1. The number of unbranched alkanes of at least 4 members (excludes halogenated alkanes) is 3. The Labute approximate surface area is 145 Å². The van der Waals surface area contributed by atoms with E-state index in [2.05, 4.69) is 19.0 Å². The van der Waals surface area contributed by atoms with Gasteiger partial charge in [-0.2, -0.15) is 0 Å². The van der Waals surface area contributed by atoms with Crippen molar-refractivity contribution in [1.29, 1.82) is 0 Å². The van der Waals surface area contributed by atoms with Gasteiger partial charge in [-0.25, -0.2) is 0 Å². The van der Waals surface area contributed by atoms with Crippen molar-refractivity contribution in [2.24, 2.45) is 0 Å². The molecule has 0 heterocycles. The van der Waals surface area contributed by atoms with Crippen LogP contribution in [0.15, 0.2) is 54.6 Å². The molecular weight excluding hydrogens is 298 g/mol. The second-order valence-corrected chi connectivity index (χ2v) is 6.26. The summed E-state index contributed by atoms with van der Waals surface area (Å²) in [5.41, 5.74) is 1.33. The van der Waals surface area contributed by atoms with Gasteiger partial charge in [-0.3, -0.25) is 4.79 Å². The van der Waals surface area contributed by atoms with Crippen molar-refractivity contribution in [2.45, 2.75) is 25.7 Å². The molecule has 3 heteroatoms. The molecule has 0 N–H and O–H groups in total. The lowest BCUT2D eigenvalue weighted by Gasteiger charge is -2.11. The lowest BCUT2D eigenvalue weighted by molar-refractivity contribution is 0.103. The summed E-state index contributed by atoms with van der Waals surface area (Å²) in [6.07, 6.45) is 4.60. The molecule has 0 amide bonds. The highest BCUT2D eigenvalue weighted by Crippen LogP contribution is 2.22. The van der Waals surface area contributed by atoms with Crippen LogP contribution in [0.4, 0.5) is 0 Å². The van der Waals surface area contributed by atoms with Crippen molar-refractivity contribution < 1.29 is 9.53 Å². The zero-order valence-electron chi connectivity index (χ0n) is 14.7. The highest BCUT2D eigenvalue weighted by molar-refractivity contribution is 6.10. The summed E-state index contributed by atoms with van der Waals surface area (Å²) < 4.78 is 5.88. The molecule has 2 aromatic carbocycles. The molecule has 0 saturated heterocycles. The summed E-state index contributed by atoms with van der Waals surface area (Å²) in [6.45, 7) is 1.79. The molecule has 0 bridgehead atoms. The topological polar surface area (TPSA) is 29.5 Å². The highest BCUT2D eigenvalue weighted by Gasteiger charge is 2.13. The molecule has 0 aliphatic carbocycles. The minimum Gasteiger partial charge on any atom is -0.493 e. The fraction of sp³-hybridized carbons (Fsp3) is 0.381. The largest absolute Gasteiger partial charge is 0.493 e. The monoisotopic (exact) mass is 325 g/mol. The van der Waals surface area contributed by atoms with E-state index in [1.165, 1.54) is 12.8 Å². The molecule has 2 rings (SSSR count). The van der Waals surface area contributed by atoms with Crippen molar-refractivity contribution in [3.05, 3.63) is 65.7 Å². The van der Waals surface area contributed by atoms with Gasteiger partial charge in [0.15, 0.2) is 5.78 Å². The number of carbonyl (C=O) groups is 1. The van der Waals surface area contributed by atoms with Crippen LogP contribution in [0.3, 0.4) is 0 Å². The summed E-state index contributed by atoms with van der Waals surface area (Å²) >= 11 is 0. The number of ether oxygens (including phenoxy) is 1. The van der Waals surface area contributed by atoms with Gasteiger partial charge in [0, 0.05) is 5.56 Å². The Bertz CT molecular complexity index is 623. The van der Waals surface area contributed by atoms with Crippen molar-refractivity contribution in [3.8, 4) is 5.75 Å². The number of ketones is 1. The average Bonchev–Trinajstić information content (AvgIpc) is 2.61. The molecule has 128 valence electrons. The first-order chi connectivity index (χ1) is 11.7. The quantitative estimate of drug-likeness (QED) is 0.478. The maximum atomic E-state index is 12.6. The fourth-order valence-corrected chi connectivity index (χ4v) is 2.59. The molecule has 0 unspecified atom stereocenters. The van der Waals surface area contributed by atoms with Crippen LogP contribution in [0.5, 0.6) is 5.75 Å². The van der Waals surface area contributed by atoms with Gasteiger partial charge in [-0.15, -0.1) is 0 Å². The third kappa shape index (κ3) is 5.82. The van der Waals surface area contributed by atoms with E-state index in [9.17, 15) is 4.79 Å². The van der Waals surface area contributed by atoms with E-state index in [1.54, 1.807) is 0 Å². The molecule has 0 spiro atoms. The summed E-state index contributed by atoms with van der Waals surface area (Å²) in [7, 11) is 4.20. The van der Waals surface area contributed by atoms with Crippen LogP contribution in [-0.4, -0.2) is 37.9 Å². The van der Waals surface area contributed by atoms with Gasteiger partial charge in [0.1, 0.15) is 5.75 Å². The maximum absolute atomic E-state index is 12.6. The summed E-state index contributed by atoms with van der Waals surface area (Å²) in [5, 5.41) is 0. The first-order valence-electron chi connectivity index (χ1n) is 8.65. The Morgan fingerprint density at radius 3 is 2.29 bits per heavy atom. The maximum Gasteiger partial charge on any atom is 0.196 e. The minimum atomic E-state index is 0.0113. The van der Waals surface area contributed by atoms with Crippen LogP contribution in [0.25, 0.3) is 0 Å². The van der Waals surface area contributed by atoms with Gasteiger partial charge in [-0.05, 0) is 45.6 Å². The van der Waals surface area contributed by atoms with Gasteiger partial charge in [-0.1, -0.05) is 55.3 Å². The zero-order valence-corrected chi connectivity index (χ0v) is 14.7. The second kappa shape index (κ2) is 9.89. The van der Waals surface area contributed by atoms with E-state index in [1.807, 2.05) is 54.6 Å². The van der Waals surface area contributed by atoms with E-state index in [-0.39, 0.29) is 5.78 Å². The molecule has 0 atom stereocenters. The Balaban J connectivity index is 1.85. The third-order valence-corrected chi connectivity index (χ3v) is 3.92. The first-order valence-corrected chi connectivity index (χ1v) is 8.65. The summed E-state index contributed by atoms with van der Waals surface area (Å²) in [6, 6.07) is 16.8. The number of hydrogen-bond donors (Lipinski definition) is 0. The normalized spacial score (nSPS) is 10.8. The van der Waals surface area contributed by atoms with Gasteiger partial charge >= 0.3 is 0 Å². The van der Waals surface area contributed by atoms with E-state index in [0.29, 0.717) is 23.5 Å². The lowest BCUT2D eigenvalue weighted by atomic mass is 10.0. The van der Waals surface area contributed by atoms with Crippen LogP contribution >= 0.6 is 0 Å². The fourth-order valence-electron chi connectivity index (χ4n) is 2.59. The average molecular weight is 325 g/mol. The van der Waals surface area contributed by atoms with E-state index < -0.39 is 0 Å². The Hall–Kier alpha value is -2.13. The molecule has 0 aromatic heterocycles. The highest BCUT2D eigenvalue weighted by atomic mass is 16.5. The van der Waals surface area contributed by atoms with E-state index >= 15 is 0 Å². The zero-order chi connectivity index (χ0) is 17.2. The number of carbonyl (C=O) groups excluding carboxylic acids is 1. The number of hydrogen-bond acceptors (Lipinski definition) is 3. The summed E-state index contributed by atoms with van der Waals surface area (Å²) in [4.78, 5) is 14.8. The summed E-state index contributed by atoms with van der Waals surface area (Å²) in [5.74, 6) is 0.692. The predicted molar refractivity (Wildman–Crippen MR) is 98.8 cm³/mol. The lowest BCUT2D eigenvalue weighted by Crippen LogP contribution is -2.12. The Kier molecular flexibility index (Phi) is 7.50. The van der Waals surface area contributed by atoms with Crippen LogP contribution in [0, 0.1) is 0 Å². The molecule has 0 aliphatic rings. The van der Waals surface area contributed by atoms with E-state index in [4.69, 9.17) is 4.74 Å². The van der Waals surface area contributed by atoms with Gasteiger partial charge in [0.25, 0.3) is 0 Å². The first kappa shape index (κ1) is 18.2. The van der Waals surface area contributed by atoms with Crippen molar-refractivity contribution in [3.63, 3.8) is 0 Å². The van der Waals surface area contributed by atoms with Crippen molar-refractivity contribution >= 4 is 5.78 Å². The predicted octanol–water partition coefficient (Wildman–Crippen LogP) is 4.42. The molecule has 0 saturated carbocycles. The molecular formula is C21H27NO2. The SMILES string of the molecule is CN(C)CCCCCCOc1ccccc1C(=O)c1ccccc1. The van der Waals surface area contributed by atoms with Crippen LogP contribution in [-0.2, 0) is 0 Å². The Morgan fingerprint density at radius 2 is 1.54 bits per heavy atom. The molecule has 0 fully saturated rings. The van der Waals surface area contributed by atoms with Crippen molar-refractivity contribution in [2.75, 3.05) is 27.2 Å². The molecule has 0 radical (unpaired) electrons. The molecule has 2 aromatic rings. The number of benzene rings is 2. The van der Waals surface area contributed by atoms with Gasteiger partial charge in [0.05, 0.1) is 12.2 Å². The standard InChI is InChI=1S/C21H27NO2/c1-22(2)16-10-3-4-11-17-24-20-15-9-8-14-19(20)21(23)18-12-6-5-7-13-18/h5-9,12-15H,3-4,10-11,16-17H2,1-2H3. The minimum absolute atomic E-state index is 0.0113. The Morgan fingerprint density at radius 1 is 0.875 bits per heavy atom. The van der Waals surface area contributed by atoms with Crippen LogP contribution in [0.2, 0.25) is 0 Å². The number of rotatable bonds is 10. The third-order valence-electron chi connectivity index (χ3n) is 3.92.